The summed E-state index contributed by atoms with van der Waals surface area (Å²) in [5.41, 5.74) is 8.29. The van der Waals surface area contributed by atoms with Gasteiger partial charge in [-0.2, -0.15) is 0 Å². The smallest absolute Gasteiger partial charge is 0.260 e. The standard InChI is InChI=1S/C21H18N8O4/c22-19-12-9-13-14(10-15(12)33-27-19)25-20(24-13)17(30)18-21(31)28(7-8-32-18)16-3-6-29(26-16)11-1-4-23-5-2-11/h1-6,9-10,17-18,30H,7-8H2,(H2,22,27)(H,24,25). The highest BCUT2D eigenvalue weighted by Crippen LogP contribution is 2.29. The minimum Gasteiger partial charge on any atom is -0.382 e. The van der Waals surface area contributed by atoms with E-state index >= 15 is 0 Å². The van der Waals surface area contributed by atoms with Crippen LogP contribution in [0.3, 0.4) is 0 Å². The number of benzene rings is 1. The summed E-state index contributed by atoms with van der Waals surface area (Å²) in [6.07, 6.45) is 2.64. The number of aliphatic hydroxyl groups excluding tert-OH is 1. The molecular formula is C21H18N8O4. The number of amides is 1. The quantitative estimate of drug-likeness (QED) is 0.370. The number of nitrogen functional groups attached to an aromatic ring is 1. The third kappa shape index (κ3) is 3.20. The SMILES string of the molecule is Nc1noc2cc3[nH]c(C(O)C4OCCN(c5ccn(-c6ccncc6)n5)C4=O)nc3cc12. The number of fused-ring (bicyclic) bond motifs is 2. The molecule has 4 aromatic heterocycles. The maximum Gasteiger partial charge on any atom is 0.260 e. The summed E-state index contributed by atoms with van der Waals surface area (Å²) in [6.45, 7) is 0.559. The Morgan fingerprint density at radius 2 is 2.09 bits per heavy atom. The van der Waals surface area contributed by atoms with Crippen LogP contribution < -0.4 is 10.6 Å². The highest BCUT2D eigenvalue weighted by atomic mass is 16.5. The molecule has 1 aliphatic heterocycles. The molecule has 0 spiro atoms. The van der Waals surface area contributed by atoms with E-state index in [0.717, 1.165) is 5.69 Å². The number of pyridine rings is 1. The third-order valence-electron chi connectivity index (χ3n) is 5.59. The molecule has 1 amide bonds. The van der Waals surface area contributed by atoms with Crippen molar-refractivity contribution in [2.24, 2.45) is 0 Å². The summed E-state index contributed by atoms with van der Waals surface area (Å²) in [4.78, 5) is 26.1. The minimum absolute atomic E-state index is 0.201. The number of H-pyrrole nitrogens is 1. The van der Waals surface area contributed by atoms with Gasteiger partial charge in [-0.3, -0.25) is 14.7 Å². The maximum atomic E-state index is 13.2. The fourth-order valence-corrected chi connectivity index (χ4v) is 3.92. The molecule has 4 N–H and O–H groups in total. The molecule has 0 radical (unpaired) electrons. The number of nitrogens with two attached hydrogens (primary N) is 1. The Morgan fingerprint density at radius 1 is 1.24 bits per heavy atom. The van der Waals surface area contributed by atoms with Gasteiger partial charge in [-0.25, -0.2) is 9.67 Å². The van der Waals surface area contributed by atoms with Crippen molar-refractivity contribution in [1.82, 2.24) is 29.9 Å². The lowest BCUT2D eigenvalue weighted by Crippen LogP contribution is -2.50. The largest absolute Gasteiger partial charge is 0.382 e. The van der Waals surface area contributed by atoms with E-state index in [1.54, 1.807) is 41.5 Å². The van der Waals surface area contributed by atoms with Crippen molar-refractivity contribution < 1.29 is 19.2 Å². The molecule has 0 bridgehead atoms. The molecule has 12 heteroatoms. The van der Waals surface area contributed by atoms with Gasteiger partial charge in [0.15, 0.2) is 23.3 Å². The average Bonchev–Trinajstić information content (AvgIpc) is 3.57. The Labute approximate surface area is 185 Å². The van der Waals surface area contributed by atoms with Gasteiger partial charge in [-0.05, 0) is 18.2 Å². The molecule has 166 valence electrons. The Bertz CT molecular complexity index is 1470. The normalized spacial score (nSPS) is 17.8. The van der Waals surface area contributed by atoms with Crippen molar-refractivity contribution in [3.63, 3.8) is 0 Å². The van der Waals surface area contributed by atoms with Crippen LogP contribution in [0.5, 0.6) is 0 Å². The minimum atomic E-state index is -1.31. The van der Waals surface area contributed by atoms with E-state index in [1.807, 2.05) is 12.1 Å². The maximum absolute atomic E-state index is 13.2. The lowest BCUT2D eigenvalue weighted by Gasteiger charge is -2.32. The van der Waals surface area contributed by atoms with E-state index in [4.69, 9.17) is 15.0 Å². The lowest BCUT2D eigenvalue weighted by atomic mass is 10.1. The fraction of sp³-hybridized carbons (Fsp3) is 0.190. The van der Waals surface area contributed by atoms with Gasteiger partial charge in [0.1, 0.15) is 11.9 Å². The second-order valence-electron chi connectivity index (χ2n) is 7.61. The van der Waals surface area contributed by atoms with Crippen molar-refractivity contribution in [1.29, 1.82) is 0 Å². The Hall–Kier alpha value is -4.29. The van der Waals surface area contributed by atoms with Crippen molar-refractivity contribution in [3.8, 4) is 5.69 Å². The molecule has 5 aromatic rings. The van der Waals surface area contributed by atoms with E-state index in [1.165, 1.54) is 4.90 Å². The summed E-state index contributed by atoms with van der Waals surface area (Å²) in [7, 11) is 0. The highest BCUT2D eigenvalue weighted by molar-refractivity contribution is 5.98. The number of hydrogen-bond donors (Lipinski definition) is 3. The first kappa shape index (κ1) is 19.4. The van der Waals surface area contributed by atoms with E-state index < -0.39 is 18.1 Å². The Morgan fingerprint density at radius 3 is 2.94 bits per heavy atom. The van der Waals surface area contributed by atoms with Crippen LogP contribution in [0, 0.1) is 0 Å². The van der Waals surface area contributed by atoms with Gasteiger partial charge in [0, 0.05) is 30.7 Å². The molecule has 0 saturated carbocycles. The van der Waals surface area contributed by atoms with Crippen LogP contribution in [0.4, 0.5) is 11.6 Å². The molecule has 0 aliphatic carbocycles. The number of nitrogens with zero attached hydrogens (tertiary/aromatic N) is 6. The number of aliphatic hydroxyl groups is 1. The summed E-state index contributed by atoms with van der Waals surface area (Å²) in [5, 5.41) is 19.8. The number of ether oxygens (including phenoxy) is 1. The third-order valence-corrected chi connectivity index (χ3v) is 5.59. The van der Waals surface area contributed by atoms with Gasteiger partial charge >= 0.3 is 0 Å². The van der Waals surface area contributed by atoms with E-state index in [-0.39, 0.29) is 18.2 Å². The van der Waals surface area contributed by atoms with Gasteiger partial charge < -0.3 is 25.1 Å². The number of hydrogen-bond acceptors (Lipinski definition) is 9. The van der Waals surface area contributed by atoms with Gasteiger partial charge in [0.2, 0.25) is 0 Å². The summed E-state index contributed by atoms with van der Waals surface area (Å²) in [6, 6.07) is 8.77. The molecule has 6 rings (SSSR count). The molecule has 2 unspecified atom stereocenters. The summed E-state index contributed by atoms with van der Waals surface area (Å²) in [5.74, 6) is 0.512. The number of aromatic nitrogens is 6. The molecule has 1 fully saturated rings. The predicted octanol–water partition coefficient (Wildman–Crippen LogP) is 1.33. The highest BCUT2D eigenvalue weighted by Gasteiger charge is 2.38. The lowest BCUT2D eigenvalue weighted by molar-refractivity contribution is -0.143. The van der Waals surface area contributed by atoms with Crippen LogP contribution in [-0.2, 0) is 9.53 Å². The fourth-order valence-electron chi connectivity index (χ4n) is 3.92. The molecule has 5 heterocycles. The monoisotopic (exact) mass is 446 g/mol. The van der Waals surface area contributed by atoms with E-state index in [9.17, 15) is 9.90 Å². The number of nitrogens with one attached hydrogen (secondary N) is 1. The van der Waals surface area contributed by atoms with Gasteiger partial charge in [0.25, 0.3) is 5.91 Å². The molecule has 2 atom stereocenters. The number of aromatic amines is 1. The average molecular weight is 446 g/mol. The molecule has 1 aromatic carbocycles. The van der Waals surface area contributed by atoms with Crippen LogP contribution in [0.1, 0.15) is 11.9 Å². The van der Waals surface area contributed by atoms with Crippen molar-refractivity contribution in [2.75, 3.05) is 23.8 Å². The first-order valence-electron chi connectivity index (χ1n) is 10.2. The Balaban J connectivity index is 1.27. The number of carbonyl (C=O) groups excluding carboxylic acids is 1. The Kier molecular flexibility index (Phi) is 4.35. The van der Waals surface area contributed by atoms with Crippen molar-refractivity contribution in [2.45, 2.75) is 12.2 Å². The van der Waals surface area contributed by atoms with Gasteiger partial charge in [0.05, 0.1) is 35.3 Å². The van der Waals surface area contributed by atoms with Gasteiger partial charge in [-0.15, -0.1) is 5.10 Å². The summed E-state index contributed by atoms with van der Waals surface area (Å²) >= 11 is 0. The van der Waals surface area contributed by atoms with Crippen molar-refractivity contribution in [3.05, 3.63) is 54.7 Å². The number of anilines is 2. The molecule has 1 saturated heterocycles. The van der Waals surface area contributed by atoms with Crippen LogP contribution in [0.15, 0.2) is 53.4 Å². The molecule has 12 nitrogen and oxygen atoms in total. The van der Waals surface area contributed by atoms with Crippen LogP contribution in [-0.4, -0.2) is 60.2 Å². The zero-order chi connectivity index (χ0) is 22.5. The van der Waals surface area contributed by atoms with E-state index in [0.29, 0.717) is 34.4 Å². The number of morpholine rings is 1. The second kappa shape index (κ2) is 7.39. The van der Waals surface area contributed by atoms with Crippen molar-refractivity contribution >= 4 is 39.5 Å². The number of carbonyl (C=O) groups is 1. The zero-order valence-electron chi connectivity index (χ0n) is 17.1. The zero-order valence-corrected chi connectivity index (χ0v) is 17.1. The first-order chi connectivity index (χ1) is 16.1. The number of rotatable bonds is 4. The van der Waals surface area contributed by atoms with Crippen LogP contribution in [0.2, 0.25) is 0 Å². The summed E-state index contributed by atoms with van der Waals surface area (Å²) < 4.78 is 12.5. The molecule has 1 aliphatic rings. The van der Waals surface area contributed by atoms with Crippen LogP contribution in [0.25, 0.3) is 27.7 Å². The molecular weight excluding hydrogens is 428 g/mol. The molecule has 33 heavy (non-hydrogen) atoms. The van der Waals surface area contributed by atoms with E-state index in [2.05, 4.69) is 25.2 Å². The second-order valence-corrected chi connectivity index (χ2v) is 7.61. The first-order valence-corrected chi connectivity index (χ1v) is 10.2. The topological polar surface area (TPSA) is 161 Å². The van der Waals surface area contributed by atoms with Crippen LogP contribution >= 0.6 is 0 Å². The number of imidazole rings is 1. The van der Waals surface area contributed by atoms with Gasteiger partial charge in [-0.1, -0.05) is 5.16 Å². The predicted molar refractivity (Wildman–Crippen MR) is 116 cm³/mol.